The van der Waals surface area contributed by atoms with E-state index in [0.717, 1.165) is 25.4 Å². The van der Waals surface area contributed by atoms with Gasteiger partial charge in [-0.2, -0.15) is 0 Å². The van der Waals surface area contributed by atoms with Crippen molar-refractivity contribution in [1.29, 1.82) is 0 Å². The molecule has 19 heavy (non-hydrogen) atoms. The van der Waals surface area contributed by atoms with Crippen molar-refractivity contribution in [1.82, 2.24) is 4.90 Å². The lowest BCUT2D eigenvalue weighted by atomic mass is 10.2. The van der Waals surface area contributed by atoms with Crippen LogP contribution in [0, 0.1) is 10.1 Å². The Hall–Kier alpha value is -1.86. The lowest BCUT2D eigenvalue weighted by Gasteiger charge is -2.30. The maximum Gasteiger partial charge on any atom is 0.292 e. The van der Waals surface area contributed by atoms with Crippen LogP contribution in [0.15, 0.2) is 18.2 Å². The molecule has 1 unspecified atom stereocenters. The number of nitro benzene ring substituents is 1. The Labute approximate surface area is 111 Å². The summed E-state index contributed by atoms with van der Waals surface area (Å²) >= 11 is 0. The van der Waals surface area contributed by atoms with Gasteiger partial charge in [-0.25, -0.2) is 0 Å². The average Bonchev–Trinajstić information content (AvgIpc) is 2.36. The number of nitrogens with two attached hydrogens (primary N) is 1. The SMILES string of the molecule is CN1CCOC(CNc2ccc([N+](=O)[O-])c(N)c2)C1. The van der Waals surface area contributed by atoms with Gasteiger partial charge >= 0.3 is 0 Å². The van der Waals surface area contributed by atoms with Crippen molar-refractivity contribution in [3.8, 4) is 0 Å². The second kappa shape index (κ2) is 5.85. The second-order valence-corrected chi connectivity index (χ2v) is 4.67. The smallest absolute Gasteiger partial charge is 0.292 e. The van der Waals surface area contributed by atoms with Crippen molar-refractivity contribution >= 4 is 17.1 Å². The van der Waals surface area contributed by atoms with Crippen molar-refractivity contribution in [3.63, 3.8) is 0 Å². The Balaban J connectivity index is 1.92. The number of nitrogens with zero attached hydrogens (tertiary/aromatic N) is 2. The molecule has 1 aliphatic heterocycles. The van der Waals surface area contributed by atoms with Crippen LogP contribution in [0.5, 0.6) is 0 Å². The van der Waals surface area contributed by atoms with Gasteiger partial charge in [-0.1, -0.05) is 0 Å². The molecule has 3 N–H and O–H groups in total. The largest absolute Gasteiger partial charge is 0.393 e. The Morgan fingerprint density at radius 3 is 3.05 bits per heavy atom. The molecule has 0 aliphatic carbocycles. The Kier molecular flexibility index (Phi) is 4.18. The number of hydrogen-bond donors (Lipinski definition) is 2. The third kappa shape index (κ3) is 3.55. The zero-order valence-electron chi connectivity index (χ0n) is 10.8. The molecule has 0 saturated carbocycles. The summed E-state index contributed by atoms with van der Waals surface area (Å²) in [6.45, 7) is 3.20. The normalized spacial score (nSPS) is 20.2. The molecule has 0 bridgehead atoms. The van der Waals surface area contributed by atoms with Crippen LogP contribution in [0.2, 0.25) is 0 Å². The quantitative estimate of drug-likeness (QED) is 0.478. The number of likely N-dealkylation sites (N-methyl/N-ethyl adjacent to an activating group) is 1. The fourth-order valence-corrected chi connectivity index (χ4v) is 2.05. The van der Waals surface area contributed by atoms with E-state index in [1.54, 1.807) is 12.1 Å². The number of nitrogens with one attached hydrogen (secondary N) is 1. The molecule has 1 saturated heterocycles. The van der Waals surface area contributed by atoms with Gasteiger partial charge < -0.3 is 20.7 Å². The molecule has 0 aromatic heterocycles. The topological polar surface area (TPSA) is 93.7 Å². The second-order valence-electron chi connectivity index (χ2n) is 4.67. The number of ether oxygens (including phenoxy) is 1. The van der Waals surface area contributed by atoms with Gasteiger partial charge in [0.2, 0.25) is 0 Å². The first kappa shape index (κ1) is 13.6. The van der Waals surface area contributed by atoms with Crippen molar-refractivity contribution in [3.05, 3.63) is 28.3 Å². The molecule has 1 fully saturated rings. The zero-order valence-corrected chi connectivity index (χ0v) is 10.8. The summed E-state index contributed by atoms with van der Waals surface area (Å²) in [5.41, 5.74) is 6.49. The monoisotopic (exact) mass is 266 g/mol. The fraction of sp³-hybridized carbons (Fsp3) is 0.500. The fourth-order valence-electron chi connectivity index (χ4n) is 2.05. The van der Waals surface area contributed by atoms with E-state index in [2.05, 4.69) is 17.3 Å². The van der Waals surface area contributed by atoms with Gasteiger partial charge in [0, 0.05) is 31.4 Å². The molecule has 0 amide bonds. The van der Waals surface area contributed by atoms with Crippen LogP contribution in [0.4, 0.5) is 17.1 Å². The summed E-state index contributed by atoms with van der Waals surface area (Å²) in [7, 11) is 2.05. The van der Waals surface area contributed by atoms with E-state index in [1.807, 2.05) is 0 Å². The highest BCUT2D eigenvalue weighted by molar-refractivity contribution is 5.65. The molecule has 104 valence electrons. The lowest BCUT2D eigenvalue weighted by molar-refractivity contribution is -0.383. The Bertz CT molecular complexity index is 466. The molecule has 1 aliphatic rings. The molecular formula is C12H18N4O3. The van der Waals surface area contributed by atoms with E-state index >= 15 is 0 Å². The third-order valence-corrected chi connectivity index (χ3v) is 3.10. The van der Waals surface area contributed by atoms with Crippen LogP contribution >= 0.6 is 0 Å². The molecule has 1 atom stereocenters. The summed E-state index contributed by atoms with van der Waals surface area (Å²) in [6, 6.07) is 4.64. The molecule has 0 radical (unpaired) electrons. The van der Waals surface area contributed by atoms with Crippen molar-refractivity contribution in [2.45, 2.75) is 6.10 Å². The van der Waals surface area contributed by atoms with Crippen LogP contribution in [0.1, 0.15) is 0 Å². The number of anilines is 2. The summed E-state index contributed by atoms with van der Waals surface area (Å²) in [5, 5.41) is 13.8. The van der Waals surface area contributed by atoms with Gasteiger partial charge in [-0.15, -0.1) is 0 Å². The van der Waals surface area contributed by atoms with E-state index in [-0.39, 0.29) is 17.5 Å². The Morgan fingerprint density at radius 2 is 2.42 bits per heavy atom. The first-order chi connectivity index (χ1) is 9.06. The van der Waals surface area contributed by atoms with Crippen LogP contribution in [-0.4, -0.2) is 49.2 Å². The molecule has 1 aromatic rings. The number of morpholine rings is 1. The highest BCUT2D eigenvalue weighted by Gasteiger charge is 2.17. The van der Waals surface area contributed by atoms with E-state index in [1.165, 1.54) is 6.07 Å². The molecule has 2 rings (SSSR count). The maximum atomic E-state index is 10.7. The maximum absolute atomic E-state index is 10.7. The number of nitrogen functional groups attached to an aromatic ring is 1. The predicted octanol–water partition coefficient (Wildman–Crippen LogP) is 0.919. The van der Waals surface area contributed by atoms with Crippen molar-refractivity contribution < 1.29 is 9.66 Å². The van der Waals surface area contributed by atoms with Crippen LogP contribution < -0.4 is 11.1 Å². The first-order valence-corrected chi connectivity index (χ1v) is 6.14. The minimum atomic E-state index is -0.488. The van der Waals surface area contributed by atoms with E-state index in [0.29, 0.717) is 6.54 Å². The van der Waals surface area contributed by atoms with E-state index in [4.69, 9.17) is 10.5 Å². The zero-order chi connectivity index (χ0) is 13.8. The molecule has 1 heterocycles. The minimum Gasteiger partial charge on any atom is -0.393 e. The Morgan fingerprint density at radius 1 is 1.63 bits per heavy atom. The summed E-state index contributed by atoms with van der Waals surface area (Å²) in [6.07, 6.45) is 0.121. The highest BCUT2D eigenvalue weighted by Crippen LogP contribution is 2.24. The lowest BCUT2D eigenvalue weighted by Crippen LogP contribution is -2.43. The number of nitro groups is 1. The molecular weight excluding hydrogens is 248 g/mol. The van der Waals surface area contributed by atoms with Gasteiger partial charge in [0.05, 0.1) is 17.6 Å². The molecule has 1 aromatic carbocycles. The van der Waals surface area contributed by atoms with E-state index in [9.17, 15) is 10.1 Å². The predicted molar refractivity (Wildman–Crippen MR) is 73.2 cm³/mol. The van der Waals surface area contributed by atoms with Gasteiger partial charge in [0.1, 0.15) is 5.69 Å². The van der Waals surface area contributed by atoms with Gasteiger partial charge in [-0.05, 0) is 19.2 Å². The molecule has 7 heteroatoms. The number of hydrogen-bond acceptors (Lipinski definition) is 6. The standard InChI is InChI=1S/C12H18N4O3/c1-15-4-5-19-10(8-15)7-14-9-2-3-12(16(17)18)11(13)6-9/h2-3,6,10,14H,4-5,7-8,13H2,1H3. The van der Waals surface area contributed by atoms with Crippen LogP contribution in [-0.2, 0) is 4.74 Å². The number of rotatable bonds is 4. The van der Waals surface area contributed by atoms with Crippen molar-refractivity contribution in [2.75, 3.05) is 44.3 Å². The van der Waals surface area contributed by atoms with Crippen molar-refractivity contribution in [2.24, 2.45) is 0 Å². The van der Waals surface area contributed by atoms with Gasteiger partial charge in [0.15, 0.2) is 0 Å². The van der Waals surface area contributed by atoms with E-state index < -0.39 is 4.92 Å². The molecule has 0 spiro atoms. The van der Waals surface area contributed by atoms with Crippen LogP contribution in [0.3, 0.4) is 0 Å². The summed E-state index contributed by atoms with van der Waals surface area (Å²) < 4.78 is 5.62. The average molecular weight is 266 g/mol. The molecule has 7 nitrogen and oxygen atoms in total. The summed E-state index contributed by atoms with van der Waals surface area (Å²) in [4.78, 5) is 12.4. The minimum absolute atomic E-state index is 0.0702. The van der Waals surface area contributed by atoms with Crippen LogP contribution in [0.25, 0.3) is 0 Å². The third-order valence-electron chi connectivity index (χ3n) is 3.10. The highest BCUT2D eigenvalue weighted by atomic mass is 16.6. The van der Waals surface area contributed by atoms with Gasteiger partial charge in [0.25, 0.3) is 5.69 Å². The summed E-state index contributed by atoms with van der Waals surface area (Å²) in [5.74, 6) is 0. The number of benzene rings is 1. The first-order valence-electron chi connectivity index (χ1n) is 6.14. The van der Waals surface area contributed by atoms with Gasteiger partial charge in [-0.3, -0.25) is 10.1 Å².